The summed E-state index contributed by atoms with van der Waals surface area (Å²) in [5.41, 5.74) is 0.949. The van der Waals surface area contributed by atoms with Gasteiger partial charge in [0.2, 0.25) is 0 Å². The number of ether oxygens (including phenoxy) is 1. The molecule has 3 nitrogen and oxygen atoms in total. The van der Waals surface area contributed by atoms with Crippen LogP contribution in [-0.2, 0) is 4.74 Å². The highest BCUT2D eigenvalue weighted by molar-refractivity contribution is 5.78. The Balaban J connectivity index is 2.77. The van der Waals surface area contributed by atoms with Crippen molar-refractivity contribution in [2.75, 3.05) is 7.11 Å². The molecule has 1 aromatic heterocycles. The van der Waals surface area contributed by atoms with Crippen LogP contribution in [-0.4, -0.2) is 11.7 Å². The van der Waals surface area contributed by atoms with Gasteiger partial charge in [-0.3, -0.25) is 4.79 Å². The molecule has 3 heteroatoms. The van der Waals surface area contributed by atoms with Gasteiger partial charge in [0.15, 0.2) is 5.43 Å². The van der Waals surface area contributed by atoms with Crippen molar-refractivity contribution in [3.8, 4) is 0 Å². The summed E-state index contributed by atoms with van der Waals surface area (Å²) in [5, 5.41) is 0.726. The second-order valence-corrected chi connectivity index (χ2v) is 3.44. The normalized spacial score (nSPS) is 12.9. The summed E-state index contributed by atoms with van der Waals surface area (Å²) < 4.78 is 7.19. The number of pyridine rings is 1. The molecule has 1 aromatic carbocycles. The summed E-state index contributed by atoms with van der Waals surface area (Å²) >= 11 is 0. The first-order valence-electron chi connectivity index (χ1n) is 4.86. The Morgan fingerprint density at radius 3 is 2.73 bits per heavy atom. The number of para-hydroxylation sites is 1. The summed E-state index contributed by atoms with van der Waals surface area (Å²) in [4.78, 5) is 11.6. The maximum absolute atomic E-state index is 11.6. The number of nitrogens with zero attached hydrogens (tertiary/aromatic N) is 1. The fraction of sp³-hybridized carbons (Fsp3) is 0.250. The van der Waals surface area contributed by atoms with E-state index in [-0.39, 0.29) is 11.7 Å². The standard InChI is InChI=1S/C12H13NO2/c1-9(15-2)13-8-7-12(14)10-5-3-4-6-11(10)13/h3-9H,1-2H3. The Morgan fingerprint density at radius 1 is 1.27 bits per heavy atom. The van der Waals surface area contributed by atoms with Crippen LogP contribution < -0.4 is 5.43 Å². The smallest absolute Gasteiger partial charge is 0.189 e. The van der Waals surface area contributed by atoms with Gasteiger partial charge >= 0.3 is 0 Å². The number of fused-ring (bicyclic) bond motifs is 1. The molecule has 0 saturated heterocycles. The van der Waals surface area contributed by atoms with E-state index in [0.717, 1.165) is 10.9 Å². The molecule has 0 amide bonds. The number of hydrogen-bond donors (Lipinski definition) is 0. The van der Waals surface area contributed by atoms with Gasteiger partial charge in [-0.05, 0) is 19.1 Å². The molecule has 0 aliphatic heterocycles. The minimum atomic E-state index is -0.0736. The Morgan fingerprint density at radius 2 is 2.00 bits per heavy atom. The molecule has 0 N–H and O–H groups in total. The summed E-state index contributed by atoms with van der Waals surface area (Å²) in [7, 11) is 1.65. The van der Waals surface area contributed by atoms with E-state index >= 15 is 0 Å². The first-order chi connectivity index (χ1) is 7.24. The van der Waals surface area contributed by atoms with Gasteiger partial charge in [0.05, 0.1) is 5.52 Å². The zero-order valence-electron chi connectivity index (χ0n) is 8.81. The van der Waals surface area contributed by atoms with Gasteiger partial charge in [0, 0.05) is 24.8 Å². The Labute approximate surface area is 87.9 Å². The molecule has 0 aliphatic rings. The first-order valence-corrected chi connectivity index (χ1v) is 4.86. The van der Waals surface area contributed by atoms with Crippen molar-refractivity contribution >= 4 is 10.9 Å². The van der Waals surface area contributed by atoms with E-state index in [4.69, 9.17) is 4.74 Å². The molecule has 2 rings (SSSR count). The topological polar surface area (TPSA) is 31.2 Å². The van der Waals surface area contributed by atoms with Crippen LogP contribution in [0, 0.1) is 0 Å². The van der Waals surface area contributed by atoms with Crippen LogP contribution in [0.3, 0.4) is 0 Å². The van der Waals surface area contributed by atoms with Crippen LogP contribution in [0.15, 0.2) is 41.3 Å². The van der Waals surface area contributed by atoms with Gasteiger partial charge in [0.1, 0.15) is 6.23 Å². The summed E-state index contributed by atoms with van der Waals surface area (Å²) in [6, 6.07) is 9.10. The molecule has 1 heterocycles. The van der Waals surface area contributed by atoms with Crippen molar-refractivity contribution in [2.24, 2.45) is 0 Å². The lowest BCUT2D eigenvalue weighted by atomic mass is 10.2. The van der Waals surface area contributed by atoms with Crippen LogP contribution in [0.1, 0.15) is 13.2 Å². The van der Waals surface area contributed by atoms with Gasteiger partial charge in [-0.15, -0.1) is 0 Å². The Hall–Kier alpha value is -1.61. The van der Waals surface area contributed by atoms with Crippen molar-refractivity contribution in [1.82, 2.24) is 4.57 Å². The average molecular weight is 203 g/mol. The number of hydrogen-bond acceptors (Lipinski definition) is 2. The lowest BCUT2D eigenvalue weighted by Gasteiger charge is -2.16. The second-order valence-electron chi connectivity index (χ2n) is 3.44. The summed E-state index contributed by atoms with van der Waals surface area (Å²) in [6.07, 6.45) is 1.69. The lowest BCUT2D eigenvalue weighted by molar-refractivity contribution is 0.0637. The SMILES string of the molecule is COC(C)n1ccc(=O)c2ccccc21. The summed E-state index contributed by atoms with van der Waals surface area (Å²) in [5.74, 6) is 0. The molecule has 0 bridgehead atoms. The van der Waals surface area contributed by atoms with Crippen molar-refractivity contribution in [2.45, 2.75) is 13.2 Å². The molecule has 0 saturated carbocycles. The summed E-state index contributed by atoms with van der Waals surface area (Å²) in [6.45, 7) is 1.94. The van der Waals surface area contributed by atoms with Gasteiger partial charge < -0.3 is 9.30 Å². The lowest BCUT2D eigenvalue weighted by Crippen LogP contribution is -2.12. The molecule has 0 aliphatic carbocycles. The van der Waals surface area contributed by atoms with Crippen molar-refractivity contribution < 1.29 is 4.74 Å². The minimum absolute atomic E-state index is 0.0464. The monoisotopic (exact) mass is 203 g/mol. The van der Waals surface area contributed by atoms with Crippen LogP contribution >= 0.6 is 0 Å². The number of rotatable bonds is 2. The van der Waals surface area contributed by atoms with E-state index < -0.39 is 0 Å². The highest BCUT2D eigenvalue weighted by Crippen LogP contribution is 2.15. The zero-order valence-corrected chi connectivity index (χ0v) is 8.81. The highest BCUT2D eigenvalue weighted by atomic mass is 16.5. The molecular weight excluding hydrogens is 190 g/mol. The predicted octanol–water partition coefficient (Wildman–Crippen LogP) is 2.17. The highest BCUT2D eigenvalue weighted by Gasteiger charge is 2.06. The maximum atomic E-state index is 11.6. The molecule has 0 radical (unpaired) electrons. The van der Waals surface area contributed by atoms with Gasteiger partial charge in [-0.25, -0.2) is 0 Å². The molecule has 78 valence electrons. The molecule has 0 fully saturated rings. The average Bonchev–Trinajstić information content (AvgIpc) is 2.29. The predicted molar refractivity (Wildman–Crippen MR) is 59.9 cm³/mol. The Kier molecular flexibility index (Phi) is 2.56. The van der Waals surface area contributed by atoms with Crippen molar-refractivity contribution in [3.63, 3.8) is 0 Å². The van der Waals surface area contributed by atoms with Crippen molar-refractivity contribution in [1.29, 1.82) is 0 Å². The maximum Gasteiger partial charge on any atom is 0.189 e. The fourth-order valence-electron chi connectivity index (χ4n) is 1.66. The van der Waals surface area contributed by atoms with Crippen LogP contribution in [0.4, 0.5) is 0 Å². The van der Waals surface area contributed by atoms with E-state index in [1.54, 1.807) is 19.4 Å². The Bertz CT molecular complexity index is 530. The minimum Gasteiger partial charge on any atom is -0.362 e. The molecular formula is C12H13NO2. The van der Waals surface area contributed by atoms with Crippen molar-refractivity contribution in [3.05, 3.63) is 46.8 Å². The van der Waals surface area contributed by atoms with Gasteiger partial charge in [-0.2, -0.15) is 0 Å². The first kappa shape index (κ1) is 9.93. The van der Waals surface area contributed by atoms with E-state index in [0.29, 0.717) is 0 Å². The van der Waals surface area contributed by atoms with Crippen LogP contribution in [0.2, 0.25) is 0 Å². The third-order valence-corrected chi connectivity index (χ3v) is 2.57. The molecule has 2 aromatic rings. The third kappa shape index (κ3) is 1.66. The second kappa shape index (κ2) is 3.87. The zero-order chi connectivity index (χ0) is 10.8. The molecule has 0 spiro atoms. The largest absolute Gasteiger partial charge is 0.362 e. The van der Waals surface area contributed by atoms with Crippen LogP contribution in [0.25, 0.3) is 10.9 Å². The van der Waals surface area contributed by atoms with E-state index in [1.165, 1.54) is 0 Å². The van der Waals surface area contributed by atoms with E-state index in [2.05, 4.69) is 0 Å². The molecule has 1 atom stereocenters. The molecule has 15 heavy (non-hydrogen) atoms. The fourth-order valence-corrected chi connectivity index (χ4v) is 1.66. The number of benzene rings is 1. The third-order valence-electron chi connectivity index (χ3n) is 2.57. The van der Waals surface area contributed by atoms with E-state index in [1.807, 2.05) is 35.8 Å². The number of methoxy groups -OCH3 is 1. The van der Waals surface area contributed by atoms with Crippen LogP contribution in [0.5, 0.6) is 0 Å². The van der Waals surface area contributed by atoms with Gasteiger partial charge in [-0.1, -0.05) is 12.1 Å². The molecule has 1 unspecified atom stereocenters. The quantitative estimate of drug-likeness (QED) is 0.749. The van der Waals surface area contributed by atoms with E-state index in [9.17, 15) is 4.79 Å². The number of aromatic nitrogens is 1. The van der Waals surface area contributed by atoms with Gasteiger partial charge in [0.25, 0.3) is 0 Å².